The van der Waals surface area contributed by atoms with Gasteiger partial charge in [0.25, 0.3) is 0 Å². The average molecular weight is 250 g/mol. The van der Waals surface area contributed by atoms with Crippen LogP contribution in [0.2, 0.25) is 0 Å². The average Bonchev–Trinajstić information content (AvgIpc) is 2.34. The van der Waals surface area contributed by atoms with Crippen molar-refractivity contribution < 1.29 is 14.3 Å². The second-order valence-corrected chi connectivity index (χ2v) is 4.25. The van der Waals surface area contributed by atoms with Gasteiger partial charge in [0.15, 0.2) is 0 Å². The van der Waals surface area contributed by atoms with Crippen LogP contribution in [0.5, 0.6) is 11.5 Å². The lowest BCUT2D eigenvalue weighted by molar-refractivity contribution is -0.126. The van der Waals surface area contributed by atoms with Crippen LogP contribution in [0.1, 0.15) is 5.56 Å². The molecule has 18 heavy (non-hydrogen) atoms. The van der Waals surface area contributed by atoms with Gasteiger partial charge in [-0.1, -0.05) is 0 Å². The van der Waals surface area contributed by atoms with Crippen molar-refractivity contribution in [3.05, 3.63) is 23.8 Å². The molecule has 2 rings (SSSR count). The predicted molar refractivity (Wildman–Crippen MR) is 67.8 cm³/mol. The molecular formula is C13H18N2O3. The highest BCUT2D eigenvalue weighted by molar-refractivity contribution is 5.80. The van der Waals surface area contributed by atoms with Gasteiger partial charge >= 0.3 is 0 Å². The van der Waals surface area contributed by atoms with Crippen LogP contribution in [0, 0.1) is 5.92 Å². The summed E-state index contributed by atoms with van der Waals surface area (Å²) >= 11 is 0. The number of carbonyl (C=O) groups excluding carboxylic acids is 1. The molecule has 1 saturated heterocycles. The van der Waals surface area contributed by atoms with Crippen molar-refractivity contribution in [1.82, 2.24) is 10.6 Å². The molecule has 5 heteroatoms. The van der Waals surface area contributed by atoms with Crippen LogP contribution in [-0.2, 0) is 11.3 Å². The SMILES string of the molecule is COc1ccc(CNC(=O)C2CNC2)c(OC)c1. The Bertz CT molecular complexity index is 430. The van der Waals surface area contributed by atoms with Crippen molar-refractivity contribution in [2.45, 2.75) is 6.54 Å². The molecule has 1 fully saturated rings. The molecule has 0 atom stereocenters. The Morgan fingerprint density at radius 2 is 2.17 bits per heavy atom. The number of carbonyl (C=O) groups is 1. The zero-order valence-corrected chi connectivity index (χ0v) is 10.7. The maximum Gasteiger partial charge on any atom is 0.225 e. The standard InChI is InChI=1S/C13H18N2O3/c1-17-11-4-3-9(12(5-11)18-2)8-15-13(16)10-6-14-7-10/h3-5,10,14H,6-8H2,1-2H3,(H,15,16). The van der Waals surface area contributed by atoms with E-state index in [0.717, 1.165) is 30.2 Å². The van der Waals surface area contributed by atoms with Gasteiger partial charge in [0.2, 0.25) is 5.91 Å². The van der Waals surface area contributed by atoms with E-state index >= 15 is 0 Å². The summed E-state index contributed by atoms with van der Waals surface area (Å²) in [4.78, 5) is 11.7. The zero-order valence-electron chi connectivity index (χ0n) is 10.7. The molecule has 0 bridgehead atoms. The lowest BCUT2D eigenvalue weighted by Crippen LogP contribution is -2.50. The number of methoxy groups -OCH3 is 2. The van der Waals surface area contributed by atoms with E-state index in [1.807, 2.05) is 18.2 Å². The molecule has 1 aromatic rings. The van der Waals surface area contributed by atoms with Crippen molar-refractivity contribution in [3.8, 4) is 11.5 Å². The Balaban J connectivity index is 1.97. The second-order valence-electron chi connectivity index (χ2n) is 4.25. The minimum atomic E-state index is 0.0895. The van der Waals surface area contributed by atoms with Crippen molar-refractivity contribution in [1.29, 1.82) is 0 Å². The molecule has 1 heterocycles. The molecule has 2 N–H and O–H groups in total. The van der Waals surface area contributed by atoms with Crippen LogP contribution in [0.15, 0.2) is 18.2 Å². The summed E-state index contributed by atoms with van der Waals surface area (Å²) in [6.07, 6.45) is 0. The molecule has 5 nitrogen and oxygen atoms in total. The molecular weight excluding hydrogens is 232 g/mol. The minimum absolute atomic E-state index is 0.0895. The summed E-state index contributed by atoms with van der Waals surface area (Å²) in [6, 6.07) is 5.57. The van der Waals surface area contributed by atoms with Crippen molar-refractivity contribution in [2.75, 3.05) is 27.3 Å². The number of amides is 1. The molecule has 0 aliphatic carbocycles. The van der Waals surface area contributed by atoms with Gasteiger partial charge in [-0.3, -0.25) is 4.79 Å². The van der Waals surface area contributed by atoms with E-state index in [2.05, 4.69) is 10.6 Å². The third kappa shape index (κ3) is 2.73. The van der Waals surface area contributed by atoms with Crippen molar-refractivity contribution in [2.24, 2.45) is 5.92 Å². The fraction of sp³-hybridized carbons (Fsp3) is 0.462. The number of hydrogen-bond donors (Lipinski definition) is 2. The van der Waals surface area contributed by atoms with Crippen LogP contribution >= 0.6 is 0 Å². The van der Waals surface area contributed by atoms with E-state index < -0.39 is 0 Å². The first kappa shape index (κ1) is 12.7. The Morgan fingerprint density at radius 1 is 1.39 bits per heavy atom. The van der Waals surface area contributed by atoms with E-state index in [9.17, 15) is 4.79 Å². The van der Waals surface area contributed by atoms with Crippen molar-refractivity contribution >= 4 is 5.91 Å². The largest absolute Gasteiger partial charge is 0.497 e. The fourth-order valence-electron chi connectivity index (χ4n) is 1.80. The number of nitrogens with one attached hydrogen (secondary N) is 2. The van der Waals surface area contributed by atoms with E-state index in [4.69, 9.17) is 9.47 Å². The van der Waals surface area contributed by atoms with Gasteiger partial charge in [-0.25, -0.2) is 0 Å². The highest BCUT2D eigenvalue weighted by atomic mass is 16.5. The van der Waals surface area contributed by atoms with Crippen LogP contribution in [0.3, 0.4) is 0 Å². The Hall–Kier alpha value is -1.75. The first-order valence-electron chi connectivity index (χ1n) is 5.94. The number of rotatable bonds is 5. The quantitative estimate of drug-likeness (QED) is 0.800. The summed E-state index contributed by atoms with van der Waals surface area (Å²) < 4.78 is 10.4. The van der Waals surface area contributed by atoms with Crippen LogP contribution < -0.4 is 20.1 Å². The molecule has 0 unspecified atom stereocenters. The number of hydrogen-bond acceptors (Lipinski definition) is 4. The fourth-order valence-corrected chi connectivity index (χ4v) is 1.80. The molecule has 1 aliphatic rings. The topological polar surface area (TPSA) is 59.6 Å². The second kappa shape index (κ2) is 5.73. The first-order valence-corrected chi connectivity index (χ1v) is 5.94. The van der Waals surface area contributed by atoms with Gasteiger partial charge in [0.05, 0.1) is 20.1 Å². The Kier molecular flexibility index (Phi) is 4.04. The molecule has 1 aromatic carbocycles. The Labute approximate surface area is 106 Å². The maximum absolute atomic E-state index is 11.7. The van der Waals surface area contributed by atoms with Gasteiger partial charge in [-0.05, 0) is 12.1 Å². The normalized spacial score (nSPS) is 14.8. The molecule has 0 aromatic heterocycles. The zero-order chi connectivity index (χ0) is 13.0. The smallest absolute Gasteiger partial charge is 0.225 e. The summed E-state index contributed by atoms with van der Waals surface area (Å²) in [5, 5.41) is 5.99. The predicted octanol–water partition coefficient (Wildman–Crippen LogP) is 0.539. The lowest BCUT2D eigenvalue weighted by atomic mass is 10.0. The molecule has 1 aliphatic heterocycles. The monoisotopic (exact) mass is 250 g/mol. The number of benzene rings is 1. The molecule has 98 valence electrons. The molecule has 0 radical (unpaired) electrons. The van der Waals surface area contributed by atoms with Crippen LogP contribution in [0.25, 0.3) is 0 Å². The van der Waals surface area contributed by atoms with Crippen LogP contribution in [-0.4, -0.2) is 33.2 Å². The summed E-state index contributed by atoms with van der Waals surface area (Å²) in [7, 11) is 3.22. The first-order chi connectivity index (χ1) is 8.74. The molecule has 1 amide bonds. The van der Waals surface area contributed by atoms with E-state index in [0.29, 0.717) is 6.54 Å². The summed E-state index contributed by atoms with van der Waals surface area (Å²) in [5.74, 6) is 1.66. The number of ether oxygens (including phenoxy) is 2. The maximum atomic E-state index is 11.7. The van der Waals surface area contributed by atoms with Crippen LogP contribution in [0.4, 0.5) is 0 Å². The third-order valence-corrected chi connectivity index (χ3v) is 3.10. The summed E-state index contributed by atoms with van der Waals surface area (Å²) in [5.41, 5.74) is 0.943. The van der Waals surface area contributed by atoms with Gasteiger partial charge in [0.1, 0.15) is 11.5 Å². The van der Waals surface area contributed by atoms with Gasteiger partial charge in [0, 0.05) is 31.3 Å². The van der Waals surface area contributed by atoms with E-state index in [1.165, 1.54) is 0 Å². The highest BCUT2D eigenvalue weighted by Crippen LogP contribution is 2.24. The lowest BCUT2D eigenvalue weighted by Gasteiger charge is -2.25. The summed E-state index contributed by atoms with van der Waals surface area (Å²) in [6.45, 7) is 2.01. The Morgan fingerprint density at radius 3 is 2.72 bits per heavy atom. The van der Waals surface area contributed by atoms with Crippen molar-refractivity contribution in [3.63, 3.8) is 0 Å². The highest BCUT2D eigenvalue weighted by Gasteiger charge is 2.24. The van der Waals surface area contributed by atoms with Gasteiger partial charge in [-0.15, -0.1) is 0 Å². The molecule has 0 saturated carbocycles. The van der Waals surface area contributed by atoms with E-state index in [-0.39, 0.29) is 11.8 Å². The minimum Gasteiger partial charge on any atom is -0.497 e. The van der Waals surface area contributed by atoms with E-state index in [1.54, 1.807) is 14.2 Å². The van der Waals surface area contributed by atoms with Gasteiger partial charge in [-0.2, -0.15) is 0 Å². The third-order valence-electron chi connectivity index (χ3n) is 3.10. The molecule has 0 spiro atoms. The van der Waals surface area contributed by atoms with Gasteiger partial charge < -0.3 is 20.1 Å².